The van der Waals surface area contributed by atoms with Crippen LogP contribution in [0.25, 0.3) is 10.9 Å². The average molecular weight is 453 g/mol. The van der Waals surface area contributed by atoms with Gasteiger partial charge in [0.05, 0.1) is 10.4 Å². The Morgan fingerprint density at radius 2 is 1.68 bits per heavy atom. The quantitative estimate of drug-likeness (QED) is 0.332. The summed E-state index contributed by atoms with van der Waals surface area (Å²) in [5.41, 5.74) is 1.05. The van der Waals surface area contributed by atoms with Gasteiger partial charge in [-0.2, -0.15) is 12.8 Å². The zero-order valence-corrected chi connectivity index (χ0v) is 17.9. The lowest BCUT2D eigenvalue weighted by Gasteiger charge is -2.07. The summed E-state index contributed by atoms with van der Waals surface area (Å²) in [6.45, 7) is 1.83. The molecule has 0 spiro atoms. The summed E-state index contributed by atoms with van der Waals surface area (Å²) in [6, 6.07) is 19.0. The maximum absolute atomic E-state index is 13.3. The number of carbonyl (C=O) groups excluding carboxylic acids is 1. The first kappa shape index (κ1) is 20.8. The van der Waals surface area contributed by atoms with Gasteiger partial charge < -0.3 is 10.1 Å². The number of aromatic hydroxyl groups is 1. The molecule has 0 aliphatic heterocycles. The maximum atomic E-state index is 13.3. The Morgan fingerprint density at radius 1 is 1.00 bits per heavy atom. The first-order chi connectivity index (χ1) is 14.8. The molecular formula is C23H17ClN2O4S. The molecule has 0 atom stereocenters. The van der Waals surface area contributed by atoms with Crippen LogP contribution in [-0.4, -0.2) is 30.0 Å². The fourth-order valence-electron chi connectivity index (χ4n) is 3.14. The van der Waals surface area contributed by atoms with Crippen molar-refractivity contribution < 1.29 is 18.3 Å². The number of benzene rings is 3. The molecule has 3 aromatic carbocycles. The van der Waals surface area contributed by atoms with E-state index in [4.69, 9.17) is 11.6 Å². The van der Waals surface area contributed by atoms with E-state index in [1.165, 1.54) is 12.1 Å². The number of hydrogen-bond donors (Lipinski definition) is 2. The van der Waals surface area contributed by atoms with Crippen LogP contribution in [0.15, 0.2) is 82.1 Å². The van der Waals surface area contributed by atoms with Gasteiger partial charge in [-0.05, 0) is 37.3 Å². The molecule has 1 aromatic heterocycles. The number of ketones is 1. The molecular weight excluding hydrogens is 436 g/mol. The van der Waals surface area contributed by atoms with Crippen molar-refractivity contribution >= 4 is 44.0 Å². The van der Waals surface area contributed by atoms with Crippen molar-refractivity contribution in [3.05, 3.63) is 94.6 Å². The lowest BCUT2D eigenvalue weighted by Crippen LogP contribution is -2.19. The van der Waals surface area contributed by atoms with E-state index in [1.807, 2.05) is 6.92 Å². The van der Waals surface area contributed by atoms with Gasteiger partial charge in [0.2, 0.25) is 5.78 Å². The van der Waals surface area contributed by atoms with Gasteiger partial charge in [-0.1, -0.05) is 59.6 Å². The Morgan fingerprint density at radius 3 is 2.35 bits per heavy atom. The number of hydrogen-bond acceptors (Lipinski definition) is 4. The molecule has 6 nitrogen and oxygen atoms in total. The van der Waals surface area contributed by atoms with Crippen LogP contribution < -0.4 is 0 Å². The molecule has 0 unspecified atom stereocenters. The van der Waals surface area contributed by atoms with E-state index in [9.17, 15) is 18.3 Å². The smallest absolute Gasteiger partial charge is 0.283 e. The zero-order chi connectivity index (χ0) is 22.2. The highest BCUT2D eigenvalue weighted by molar-refractivity contribution is 7.90. The van der Waals surface area contributed by atoms with E-state index in [1.54, 1.807) is 60.7 Å². The van der Waals surface area contributed by atoms with Crippen LogP contribution in [0.4, 0.5) is 0 Å². The van der Waals surface area contributed by atoms with Gasteiger partial charge in [-0.15, -0.1) is 0 Å². The SMILES string of the molecule is Cc1ccc(S(=O)(=O)/N=C(/C(=O)c2ccccc2)c2[nH]c3cc(Cl)ccc3c2O)cc1. The van der Waals surface area contributed by atoms with Crippen LogP contribution in [0.2, 0.25) is 5.02 Å². The molecule has 31 heavy (non-hydrogen) atoms. The van der Waals surface area contributed by atoms with Crippen molar-refractivity contribution in [3.63, 3.8) is 0 Å². The highest BCUT2D eigenvalue weighted by Crippen LogP contribution is 2.32. The summed E-state index contributed by atoms with van der Waals surface area (Å²) in [5, 5.41) is 11.6. The predicted octanol–water partition coefficient (Wildman–Crippen LogP) is 4.90. The highest BCUT2D eigenvalue weighted by atomic mass is 35.5. The Kier molecular flexibility index (Phi) is 5.39. The number of sulfonamides is 1. The lowest BCUT2D eigenvalue weighted by atomic mass is 10.0. The Balaban J connectivity index is 1.94. The van der Waals surface area contributed by atoms with Gasteiger partial charge in [0, 0.05) is 16.0 Å². The minimum Gasteiger partial charge on any atom is -0.505 e. The summed E-state index contributed by atoms with van der Waals surface area (Å²) >= 11 is 6.02. The molecule has 0 aliphatic rings. The molecule has 8 heteroatoms. The molecule has 2 N–H and O–H groups in total. The molecule has 0 bridgehead atoms. The number of H-pyrrole nitrogens is 1. The molecule has 1 heterocycles. The van der Waals surface area contributed by atoms with E-state index >= 15 is 0 Å². The normalized spacial score (nSPS) is 12.3. The number of nitrogens with zero attached hydrogens (tertiary/aromatic N) is 1. The molecule has 4 rings (SSSR count). The van der Waals surface area contributed by atoms with E-state index in [-0.39, 0.29) is 21.9 Å². The van der Waals surface area contributed by atoms with Crippen LogP contribution in [-0.2, 0) is 10.0 Å². The second kappa shape index (κ2) is 8.02. The van der Waals surface area contributed by atoms with E-state index in [0.717, 1.165) is 5.56 Å². The summed E-state index contributed by atoms with van der Waals surface area (Å²) in [4.78, 5) is 16.1. The third-order valence-electron chi connectivity index (χ3n) is 4.75. The van der Waals surface area contributed by atoms with Gasteiger partial charge in [0.25, 0.3) is 10.0 Å². The van der Waals surface area contributed by atoms with Crippen LogP contribution in [0.3, 0.4) is 0 Å². The summed E-state index contributed by atoms with van der Waals surface area (Å²) < 4.78 is 29.8. The van der Waals surface area contributed by atoms with Crippen molar-refractivity contribution in [3.8, 4) is 5.75 Å². The zero-order valence-electron chi connectivity index (χ0n) is 16.3. The number of carbonyl (C=O) groups is 1. The van der Waals surface area contributed by atoms with Gasteiger partial charge in [-0.25, -0.2) is 0 Å². The number of aryl methyl sites for hydroxylation is 1. The molecule has 4 aromatic rings. The van der Waals surface area contributed by atoms with Gasteiger partial charge in [0.1, 0.15) is 5.69 Å². The molecule has 0 saturated carbocycles. The number of halogens is 1. The van der Waals surface area contributed by atoms with Crippen LogP contribution in [0.5, 0.6) is 5.75 Å². The summed E-state index contributed by atoms with van der Waals surface area (Å²) in [6.07, 6.45) is 0. The fourth-order valence-corrected chi connectivity index (χ4v) is 4.31. The summed E-state index contributed by atoms with van der Waals surface area (Å²) in [7, 11) is -4.23. The predicted molar refractivity (Wildman–Crippen MR) is 121 cm³/mol. The average Bonchev–Trinajstić information content (AvgIpc) is 3.08. The van der Waals surface area contributed by atoms with Crippen LogP contribution in [0, 0.1) is 6.92 Å². The number of aromatic nitrogens is 1. The monoisotopic (exact) mass is 452 g/mol. The number of Topliss-reactive ketones (excluding diaryl/α,β-unsaturated/α-hetero) is 1. The van der Waals surface area contributed by atoms with Crippen molar-refractivity contribution in [2.45, 2.75) is 11.8 Å². The number of aromatic amines is 1. The minimum absolute atomic E-state index is 0.0601. The molecule has 156 valence electrons. The van der Waals surface area contributed by atoms with Crippen molar-refractivity contribution in [2.24, 2.45) is 4.40 Å². The molecule has 0 saturated heterocycles. The fraction of sp³-hybridized carbons (Fsp3) is 0.0435. The van der Waals surface area contributed by atoms with E-state index in [0.29, 0.717) is 15.9 Å². The first-order valence-corrected chi connectivity index (χ1v) is 11.1. The van der Waals surface area contributed by atoms with Gasteiger partial charge >= 0.3 is 0 Å². The van der Waals surface area contributed by atoms with Gasteiger partial charge in [0.15, 0.2) is 11.5 Å². The number of nitrogens with one attached hydrogen (secondary N) is 1. The minimum atomic E-state index is -4.23. The van der Waals surface area contributed by atoms with Crippen LogP contribution in [0.1, 0.15) is 21.6 Å². The Hall–Kier alpha value is -3.42. The van der Waals surface area contributed by atoms with Crippen LogP contribution >= 0.6 is 11.6 Å². The topological polar surface area (TPSA) is 99.6 Å². The van der Waals surface area contributed by atoms with Crippen molar-refractivity contribution in [1.29, 1.82) is 0 Å². The van der Waals surface area contributed by atoms with Gasteiger partial charge in [-0.3, -0.25) is 4.79 Å². The Labute approximate surface area is 183 Å². The number of fused-ring (bicyclic) bond motifs is 1. The second-order valence-electron chi connectivity index (χ2n) is 6.96. The first-order valence-electron chi connectivity index (χ1n) is 9.28. The van der Waals surface area contributed by atoms with Crippen molar-refractivity contribution in [1.82, 2.24) is 4.98 Å². The molecule has 0 fully saturated rings. The van der Waals surface area contributed by atoms with E-state index in [2.05, 4.69) is 9.38 Å². The Bertz CT molecular complexity index is 1420. The standard InChI is InChI=1S/C23H17ClN2O4S/c1-14-7-10-17(11-8-14)31(29,30)26-21(22(27)15-5-3-2-4-6-15)20-23(28)18-12-9-16(24)13-19(18)25-20/h2-13,25,28H,1H3/b26-21+. The summed E-state index contributed by atoms with van der Waals surface area (Å²) in [5.74, 6) is -0.932. The highest BCUT2D eigenvalue weighted by Gasteiger charge is 2.26. The third-order valence-corrected chi connectivity index (χ3v) is 6.28. The largest absolute Gasteiger partial charge is 0.505 e. The molecule has 0 amide bonds. The second-order valence-corrected chi connectivity index (χ2v) is 9.00. The number of rotatable bonds is 5. The maximum Gasteiger partial charge on any atom is 0.283 e. The lowest BCUT2D eigenvalue weighted by molar-refractivity contribution is 0.106. The molecule has 0 radical (unpaired) electrons. The molecule has 0 aliphatic carbocycles. The van der Waals surface area contributed by atoms with E-state index < -0.39 is 21.5 Å². The van der Waals surface area contributed by atoms with Crippen molar-refractivity contribution in [2.75, 3.05) is 0 Å². The third kappa shape index (κ3) is 4.10.